The average Bonchev–Trinajstić information content (AvgIpc) is 3.06. The Kier molecular flexibility index (Phi) is 4.93. The number of halogens is 1. The number of fused-ring (bicyclic) bond motifs is 5. The van der Waals surface area contributed by atoms with Gasteiger partial charge in [0.2, 0.25) is 0 Å². The number of pyridine rings is 2. The van der Waals surface area contributed by atoms with Gasteiger partial charge in [0, 0.05) is 65.9 Å². The number of benzene rings is 1. The molecular formula is C26H23ClN4O2. The van der Waals surface area contributed by atoms with Crippen molar-refractivity contribution in [3.63, 3.8) is 0 Å². The Hall–Kier alpha value is -3.22. The average molecular weight is 459 g/mol. The second kappa shape index (κ2) is 7.97. The van der Waals surface area contributed by atoms with Crippen molar-refractivity contribution in [2.24, 2.45) is 5.92 Å². The molecule has 6 nitrogen and oxygen atoms in total. The van der Waals surface area contributed by atoms with Crippen LogP contribution in [0.25, 0.3) is 11.6 Å². The largest absolute Gasteiger partial charge is 0.312 e. The van der Waals surface area contributed by atoms with Gasteiger partial charge in [-0.05, 0) is 48.2 Å². The van der Waals surface area contributed by atoms with E-state index in [4.69, 9.17) is 11.6 Å². The van der Waals surface area contributed by atoms with Crippen LogP contribution in [0.2, 0.25) is 5.02 Å². The topological polar surface area (TPSA) is 58.4 Å². The van der Waals surface area contributed by atoms with E-state index in [0.717, 1.165) is 48.6 Å². The minimum absolute atomic E-state index is 0.0246. The van der Waals surface area contributed by atoms with Gasteiger partial charge < -0.3 is 4.57 Å². The summed E-state index contributed by atoms with van der Waals surface area (Å²) in [5.41, 5.74) is 4.47. The lowest BCUT2D eigenvalue weighted by atomic mass is 9.83. The van der Waals surface area contributed by atoms with E-state index >= 15 is 0 Å². The van der Waals surface area contributed by atoms with Crippen molar-refractivity contribution in [1.82, 2.24) is 14.5 Å². The molecule has 7 heteroatoms. The van der Waals surface area contributed by atoms with Crippen molar-refractivity contribution < 1.29 is 4.79 Å². The summed E-state index contributed by atoms with van der Waals surface area (Å²) in [6.07, 6.45) is 6.46. The molecule has 0 N–H and O–H groups in total. The number of carbonyl (C=O) groups is 1. The molecule has 1 saturated heterocycles. The quantitative estimate of drug-likeness (QED) is 0.559. The number of likely N-dealkylation sites (tertiary alicyclic amines) is 1. The summed E-state index contributed by atoms with van der Waals surface area (Å²) < 4.78 is 1.93. The fraction of sp³-hybridized carbons (Fsp3) is 0.269. The van der Waals surface area contributed by atoms with Crippen LogP contribution < -0.4 is 10.5 Å². The maximum atomic E-state index is 13.6. The Bertz CT molecular complexity index is 1330. The molecule has 0 aliphatic carbocycles. The predicted octanol–water partition coefficient (Wildman–Crippen LogP) is 3.86. The summed E-state index contributed by atoms with van der Waals surface area (Å²) in [5, 5.41) is 0.609. The molecule has 2 bridgehead atoms. The van der Waals surface area contributed by atoms with Crippen molar-refractivity contribution in [1.29, 1.82) is 0 Å². The molecule has 3 aliphatic heterocycles. The number of piperidine rings is 1. The monoisotopic (exact) mass is 458 g/mol. The number of hydrogen-bond acceptors (Lipinski definition) is 4. The first-order valence-electron chi connectivity index (χ1n) is 11.2. The molecule has 1 unspecified atom stereocenters. The van der Waals surface area contributed by atoms with Crippen LogP contribution >= 0.6 is 11.6 Å². The molecule has 33 heavy (non-hydrogen) atoms. The van der Waals surface area contributed by atoms with E-state index in [2.05, 4.69) is 16.0 Å². The highest BCUT2D eigenvalue weighted by atomic mass is 35.5. The van der Waals surface area contributed by atoms with Crippen LogP contribution in [0.3, 0.4) is 0 Å². The molecule has 0 radical (unpaired) electrons. The van der Waals surface area contributed by atoms with E-state index in [1.807, 2.05) is 51.9 Å². The molecule has 166 valence electrons. The Morgan fingerprint density at radius 2 is 1.97 bits per heavy atom. The lowest BCUT2D eigenvalue weighted by molar-refractivity contribution is -0.113. The summed E-state index contributed by atoms with van der Waals surface area (Å²) in [6, 6.07) is 15.0. The zero-order chi connectivity index (χ0) is 22.5. The van der Waals surface area contributed by atoms with E-state index in [1.54, 1.807) is 18.5 Å². The van der Waals surface area contributed by atoms with Crippen LogP contribution in [0.5, 0.6) is 0 Å². The first-order valence-corrected chi connectivity index (χ1v) is 11.6. The Morgan fingerprint density at radius 3 is 2.82 bits per heavy atom. The van der Waals surface area contributed by atoms with E-state index < -0.39 is 0 Å². The SMILES string of the molecule is O=C1/C(=C\c2cccnc2)c2ccc(Cl)cc2N1CN1CC2C[C@@H](C1)Cn1c2cccc1=O. The molecule has 3 aliphatic rings. The predicted molar refractivity (Wildman–Crippen MR) is 129 cm³/mol. The minimum atomic E-state index is -0.0246. The highest BCUT2D eigenvalue weighted by Gasteiger charge is 2.38. The third-order valence-corrected chi connectivity index (χ3v) is 7.14. The molecule has 2 atom stereocenters. The van der Waals surface area contributed by atoms with Crippen molar-refractivity contribution in [3.8, 4) is 0 Å². The third kappa shape index (κ3) is 3.59. The van der Waals surface area contributed by atoms with Gasteiger partial charge in [0.15, 0.2) is 0 Å². The van der Waals surface area contributed by atoms with Crippen molar-refractivity contribution in [2.75, 3.05) is 24.7 Å². The highest BCUT2D eigenvalue weighted by molar-refractivity contribution is 6.37. The number of hydrogen-bond donors (Lipinski definition) is 0. The molecule has 1 amide bonds. The zero-order valence-electron chi connectivity index (χ0n) is 18.0. The lowest BCUT2D eigenvalue weighted by Crippen LogP contribution is -2.50. The van der Waals surface area contributed by atoms with Gasteiger partial charge in [0.05, 0.1) is 12.4 Å². The smallest absolute Gasteiger partial charge is 0.260 e. The van der Waals surface area contributed by atoms with Crippen molar-refractivity contribution >= 4 is 34.8 Å². The molecule has 0 saturated carbocycles. The Labute approximate surface area is 196 Å². The van der Waals surface area contributed by atoms with Gasteiger partial charge in [-0.15, -0.1) is 0 Å². The first kappa shape index (κ1) is 20.4. The van der Waals surface area contributed by atoms with Gasteiger partial charge >= 0.3 is 0 Å². The van der Waals surface area contributed by atoms with Gasteiger partial charge in [-0.2, -0.15) is 0 Å². The van der Waals surface area contributed by atoms with Crippen LogP contribution in [0.1, 0.15) is 29.2 Å². The van der Waals surface area contributed by atoms with Gasteiger partial charge in [0.1, 0.15) is 0 Å². The van der Waals surface area contributed by atoms with Gasteiger partial charge in [-0.3, -0.25) is 24.4 Å². The minimum Gasteiger partial charge on any atom is -0.312 e. The fourth-order valence-electron chi connectivity index (χ4n) is 5.54. The van der Waals surface area contributed by atoms with Crippen LogP contribution in [0.15, 0.2) is 65.7 Å². The number of aromatic nitrogens is 2. The number of carbonyl (C=O) groups excluding carboxylic acids is 1. The van der Waals surface area contributed by atoms with Crippen LogP contribution in [0.4, 0.5) is 5.69 Å². The normalized spacial score (nSPS) is 23.0. The third-order valence-electron chi connectivity index (χ3n) is 6.91. The second-order valence-corrected chi connectivity index (χ2v) is 9.55. The fourth-order valence-corrected chi connectivity index (χ4v) is 5.71. The van der Waals surface area contributed by atoms with E-state index in [9.17, 15) is 9.59 Å². The van der Waals surface area contributed by atoms with Crippen molar-refractivity contribution in [3.05, 3.63) is 93.1 Å². The van der Waals surface area contributed by atoms with E-state index in [0.29, 0.717) is 29.1 Å². The highest BCUT2D eigenvalue weighted by Crippen LogP contribution is 2.41. The molecule has 3 aromatic rings. The maximum Gasteiger partial charge on any atom is 0.260 e. The lowest BCUT2D eigenvalue weighted by Gasteiger charge is -2.43. The summed E-state index contributed by atoms with van der Waals surface area (Å²) in [7, 11) is 0. The molecule has 5 heterocycles. The summed E-state index contributed by atoms with van der Waals surface area (Å²) in [6.45, 7) is 2.92. The Balaban J connectivity index is 1.31. The van der Waals surface area contributed by atoms with Gasteiger partial charge in [-0.25, -0.2) is 0 Å². The summed E-state index contributed by atoms with van der Waals surface area (Å²) in [4.78, 5) is 34.2. The van der Waals surface area contributed by atoms with Crippen LogP contribution in [0, 0.1) is 5.92 Å². The van der Waals surface area contributed by atoms with Crippen LogP contribution in [-0.2, 0) is 11.3 Å². The number of rotatable bonds is 3. The number of anilines is 1. The molecule has 2 aromatic heterocycles. The number of nitrogens with zero attached hydrogens (tertiary/aromatic N) is 4. The van der Waals surface area contributed by atoms with Gasteiger partial charge in [0.25, 0.3) is 11.5 Å². The first-order chi connectivity index (χ1) is 16.1. The second-order valence-electron chi connectivity index (χ2n) is 9.11. The summed E-state index contributed by atoms with van der Waals surface area (Å²) in [5.74, 6) is 0.676. The number of amides is 1. The molecule has 1 fully saturated rings. The van der Waals surface area contributed by atoms with E-state index in [1.165, 1.54) is 0 Å². The van der Waals surface area contributed by atoms with Crippen molar-refractivity contribution in [2.45, 2.75) is 18.9 Å². The van der Waals surface area contributed by atoms with Crippen LogP contribution in [-0.4, -0.2) is 40.1 Å². The molecule has 1 aromatic carbocycles. The maximum absolute atomic E-state index is 13.6. The summed E-state index contributed by atoms with van der Waals surface area (Å²) >= 11 is 6.32. The zero-order valence-corrected chi connectivity index (χ0v) is 18.8. The molecular weight excluding hydrogens is 436 g/mol. The molecule has 6 rings (SSSR count). The molecule has 0 spiro atoms. The standard InChI is InChI=1S/C26H23ClN4O2/c27-20-6-7-21-22(10-17-3-2-8-28-12-17)26(33)31(24(21)11-20)16-29-13-18-9-19(15-29)23-4-1-5-25(32)30(23)14-18/h1-8,10-12,18-19H,9,13-16H2/b22-10-/t18-,19?/m0/s1. The van der Waals surface area contributed by atoms with E-state index in [-0.39, 0.29) is 11.5 Å². The Morgan fingerprint density at radius 1 is 1.06 bits per heavy atom. The van der Waals surface area contributed by atoms with Gasteiger partial charge in [-0.1, -0.05) is 29.8 Å².